The molecule has 0 aromatic carbocycles. The van der Waals surface area contributed by atoms with Gasteiger partial charge in [-0.05, 0) is 38.3 Å². The fraction of sp³-hybridized carbons (Fsp3) is 0.778. The molecule has 1 atom stereocenters. The van der Waals surface area contributed by atoms with Crippen LogP contribution in [0, 0.1) is 0 Å². The molecule has 1 amide bonds. The number of carbonyl (C=O) groups is 1. The summed E-state index contributed by atoms with van der Waals surface area (Å²) < 4.78 is 2.01. The molecule has 1 aromatic heterocycles. The summed E-state index contributed by atoms with van der Waals surface area (Å²) in [5.41, 5.74) is 0. The monoisotopic (exact) mass is 318 g/mol. The Morgan fingerprint density at radius 3 is 2.70 bits per heavy atom. The van der Waals surface area contributed by atoms with E-state index in [0.717, 1.165) is 32.5 Å². The molecule has 1 aliphatic carbocycles. The fourth-order valence-corrected chi connectivity index (χ4v) is 3.99. The lowest BCUT2D eigenvalue weighted by Crippen LogP contribution is -2.39. The van der Waals surface area contributed by atoms with Gasteiger partial charge in [0.2, 0.25) is 5.91 Å². The van der Waals surface area contributed by atoms with E-state index in [1.165, 1.54) is 38.5 Å². The zero-order valence-electron chi connectivity index (χ0n) is 14.1. The molecule has 1 N–H and O–H groups in total. The predicted molar refractivity (Wildman–Crippen MR) is 91.1 cm³/mol. The van der Waals surface area contributed by atoms with Gasteiger partial charge in [0, 0.05) is 37.4 Å². The first-order valence-corrected chi connectivity index (χ1v) is 9.32. The van der Waals surface area contributed by atoms with E-state index in [1.807, 2.05) is 23.1 Å². The highest BCUT2D eigenvalue weighted by molar-refractivity contribution is 5.76. The minimum Gasteiger partial charge on any atom is -0.353 e. The van der Waals surface area contributed by atoms with Gasteiger partial charge < -0.3 is 5.32 Å². The van der Waals surface area contributed by atoms with E-state index in [4.69, 9.17) is 0 Å². The van der Waals surface area contributed by atoms with E-state index >= 15 is 0 Å². The average molecular weight is 318 g/mol. The van der Waals surface area contributed by atoms with E-state index in [-0.39, 0.29) is 5.91 Å². The van der Waals surface area contributed by atoms with Crippen LogP contribution in [0.15, 0.2) is 18.5 Å². The van der Waals surface area contributed by atoms with Gasteiger partial charge in [0.05, 0.1) is 6.54 Å². The number of likely N-dealkylation sites (tertiary alicyclic amines) is 1. The zero-order chi connectivity index (χ0) is 15.9. The van der Waals surface area contributed by atoms with E-state index in [1.54, 1.807) is 0 Å². The average Bonchev–Trinajstić information content (AvgIpc) is 3.14. The highest BCUT2D eigenvalue weighted by atomic mass is 16.1. The van der Waals surface area contributed by atoms with Gasteiger partial charge in [-0.3, -0.25) is 14.4 Å². The van der Waals surface area contributed by atoms with Gasteiger partial charge in [-0.25, -0.2) is 0 Å². The molecule has 0 radical (unpaired) electrons. The second-order valence-corrected chi connectivity index (χ2v) is 7.07. The maximum Gasteiger partial charge on any atom is 0.221 e. The first-order chi connectivity index (χ1) is 11.3. The topological polar surface area (TPSA) is 50.2 Å². The van der Waals surface area contributed by atoms with Gasteiger partial charge in [-0.15, -0.1) is 0 Å². The van der Waals surface area contributed by atoms with Crippen molar-refractivity contribution in [2.24, 2.45) is 0 Å². The molecule has 2 fully saturated rings. The molecule has 2 heterocycles. The summed E-state index contributed by atoms with van der Waals surface area (Å²) in [4.78, 5) is 14.7. The summed E-state index contributed by atoms with van der Waals surface area (Å²) in [6.45, 7) is 2.93. The third kappa shape index (κ3) is 5.06. The van der Waals surface area contributed by atoms with Crippen molar-refractivity contribution in [3.05, 3.63) is 18.5 Å². The van der Waals surface area contributed by atoms with Crippen LogP contribution >= 0.6 is 0 Å². The Hall–Kier alpha value is -1.36. The van der Waals surface area contributed by atoms with Gasteiger partial charge in [0.1, 0.15) is 0 Å². The number of amides is 1. The van der Waals surface area contributed by atoms with E-state index in [0.29, 0.717) is 18.5 Å². The zero-order valence-corrected chi connectivity index (χ0v) is 14.1. The predicted octanol–water partition coefficient (Wildman–Crippen LogP) is 2.58. The van der Waals surface area contributed by atoms with Crippen LogP contribution in [0.2, 0.25) is 0 Å². The van der Waals surface area contributed by atoms with E-state index < -0.39 is 0 Å². The van der Waals surface area contributed by atoms with Crippen LogP contribution in [0.3, 0.4) is 0 Å². The lowest BCUT2D eigenvalue weighted by molar-refractivity contribution is -0.122. The van der Waals surface area contributed by atoms with Crippen LogP contribution in [0.1, 0.15) is 57.8 Å². The minimum absolute atomic E-state index is 0.238. The highest BCUT2D eigenvalue weighted by Crippen LogP contribution is 2.20. The number of carbonyl (C=O) groups excluding carboxylic acids is 1. The van der Waals surface area contributed by atoms with Gasteiger partial charge >= 0.3 is 0 Å². The highest BCUT2D eigenvalue weighted by Gasteiger charge is 2.25. The Kier molecular flexibility index (Phi) is 6.08. The second kappa shape index (κ2) is 8.48. The van der Waals surface area contributed by atoms with Crippen molar-refractivity contribution in [1.82, 2.24) is 20.0 Å². The molecule has 128 valence electrons. The molecule has 1 aliphatic heterocycles. The third-order valence-corrected chi connectivity index (χ3v) is 5.30. The molecule has 1 unspecified atom stereocenters. The molecular formula is C18H30N4O. The Morgan fingerprint density at radius 1 is 1.13 bits per heavy atom. The van der Waals surface area contributed by atoms with Gasteiger partial charge in [0.15, 0.2) is 0 Å². The SMILES string of the molecule is O=C(CCN1CCCC1Cn1cccn1)NC1CCCCCC1. The van der Waals surface area contributed by atoms with E-state index in [2.05, 4.69) is 15.3 Å². The van der Waals surface area contributed by atoms with Crippen LogP contribution in [-0.4, -0.2) is 45.8 Å². The quantitative estimate of drug-likeness (QED) is 0.820. The summed E-state index contributed by atoms with van der Waals surface area (Å²) in [5, 5.41) is 7.57. The van der Waals surface area contributed by atoms with Gasteiger partial charge in [-0.1, -0.05) is 25.7 Å². The van der Waals surface area contributed by atoms with Crippen molar-refractivity contribution in [2.45, 2.75) is 76.4 Å². The normalized spacial score (nSPS) is 23.7. The van der Waals surface area contributed by atoms with Crippen molar-refractivity contribution in [2.75, 3.05) is 13.1 Å². The molecule has 0 spiro atoms. The largest absolute Gasteiger partial charge is 0.353 e. The smallest absolute Gasteiger partial charge is 0.221 e. The van der Waals surface area contributed by atoms with Crippen LogP contribution in [-0.2, 0) is 11.3 Å². The first kappa shape index (κ1) is 16.5. The fourth-order valence-electron chi connectivity index (χ4n) is 3.99. The van der Waals surface area contributed by atoms with E-state index in [9.17, 15) is 4.79 Å². The molecule has 1 saturated heterocycles. The van der Waals surface area contributed by atoms with Crippen molar-refractivity contribution in [3.8, 4) is 0 Å². The second-order valence-electron chi connectivity index (χ2n) is 7.07. The van der Waals surface area contributed by atoms with Crippen LogP contribution in [0.4, 0.5) is 0 Å². The van der Waals surface area contributed by atoms with Crippen LogP contribution in [0.5, 0.6) is 0 Å². The van der Waals surface area contributed by atoms with Gasteiger partial charge in [0.25, 0.3) is 0 Å². The third-order valence-electron chi connectivity index (χ3n) is 5.30. The summed E-state index contributed by atoms with van der Waals surface area (Å²) >= 11 is 0. The Balaban J connectivity index is 1.40. The van der Waals surface area contributed by atoms with Crippen LogP contribution < -0.4 is 5.32 Å². The molecule has 3 rings (SSSR count). The van der Waals surface area contributed by atoms with Crippen molar-refractivity contribution >= 4 is 5.91 Å². The van der Waals surface area contributed by atoms with Crippen molar-refractivity contribution in [1.29, 1.82) is 0 Å². The van der Waals surface area contributed by atoms with Crippen molar-refractivity contribution in [3.63, 3.8) is 0 Å². The molecule has 2 aliphatic rings. The molecule has 5 nitrogen and oxygen atoms in total. The summed E-state index contributed by atoms with van der Waals surface area (Å²) in [5.74, 6) is 0.238. The lowest BCUT2D eigenvalue weighted by atomic mass is 10.1. The van der Waals surface area contributed by atoms with Crippen LogP contribution in [0.25, 0.3) is 0 Å². The Labute approximate surface area is 139 Å². The summed E-state index contributed by atoms with van der Waals surface area (Å²) in [6.07, 6.45) is 14.5. The van der Waals surface area contributed by atoms with Crippen molar-refractivity contribution < 1.29 is 4.79 Å². The lowest BCUT2D eigenvalue weighted by Gasteiger charge is -2.24. The number of rotatable bonds is 6. The van der Waals surface area contributed by atoms with Gasteiger partial charge in [-0.2, -0.15) is 5.10 Å². The number of aromatic nitrogens is 2. The maximum atomic E-state index is 12.2. The minimum atomic E-state index is 0.238. The summed E-state index contributed by atoms with van der Waals surface area (Å²) in [7, 11) is 0. The molecule has 1 aromatic rings. The molecular weight excluding hydrogens is 288 g/mol. The number of nitrogens with one attached hydrogen (secondary N) is 1. The molecule has 1 saturated carbocycles. The Morgan fingerprint density at radius 2 is 1.96 bits per heavy atom. The molecule has 0 bridgehead atoms. The molecule has 5 heteroatoms. The standard InChI is InChI=1S/C18H30N4O/c23-18(20-16-7-3-1-2-4-8-16)10-14-21-12-5-9-17(21)15-22-13-6-11-19-22/h6,11,13,16-17H,1-5,7-10,12,14-15H2,(H,20,23). The maximum absolute atomic E-state index is 12.2. The Bertz CT molecular complexity index is 465. The summed E-state index contributed by atoms with van der Waals surface area (Å²) in [6, 6.07) is 2.92. The molecule has 23 heavy (non-hydrogen) atoms. The number of hydrogen-bond acceptors (Lipinski definition) is 3. The first-order valence-electron chi connectivity index (χ1n) is 9.32. The number of nitrogens with zero attached hydrogens (tertiary/aromatic N) is 3. The number of hydrogen-bond donors (Lipinski definition) is 1.